The Morgan fingerprint density at radius 2 is 1.77 bits per heavy atom. The molecule has 4 rings (SSSR count). The number of rotatable bonds is 11. The van der Waals surface area contributed by atoms with Crippen LogP contribution < -0.4 is 10.6 Å². The molecule has 39 heavy (non-hydrogen) atoms. The van der Waals surface area contributed by atoms with Crippen LogP contribution >= 0.6 is 23.7 Å². The largest absolute Gasteiger partial charge is 0.390 e. The standard InChI is InChI=1S/C30H31F2N3O2S.ClH/c1-3-20-5-4-6-21(11-20)17-33-18-28(36)27(14-22-12-25(31)16-26(32)13-22)35-29(37)23-9-19(2)10-24(15-23)30-34-7-8-38-30;/h4-13,15-16,27-28,33,36H,3,14,17-18H2,1-2H3,(H,35,37);1H/t27-,28+;/m0./s1. The number of benzene rings is 3. The van der Waals surface area contributed by atoms with Crippen molar-refractivity contribution in [1.82, 2.24) is 15.6 Å². The highest BCUT2D eigenvalue weighted by molar-refractivity contribution is 7.13. The molecule has 3 aromatic carbocycles. The van der Waals surface area contributed by atoms with Gasteiger partial charge in [-0.25, -0.2) is 13.8 Å². The van der Waals surface area contributed by atoms with Gasteiger partial charge in [-0.05, 0) is 72.4 Å². The van der Waals surface area contributed by atoms with Gasteiger partial charge in [-0.15, -0.1) is 23.7 Å². The zero-order valence-electron chi connectivity index (χ0n) is 21.8. The number of amides is 1. The summed E-state index contributed by atoms with van der Waals surface area (Å²) in [5.74, 6) is -1.80. The number of aromatic nitrogens is 1. The normalized spacial score (nSPS) is 12.4. The lowest BCUT2D eigenvalue weighted by atomic mass is 9.99. The molecule has 0 saturated carbocycles. The summed E-state index contributed by atoms with van der Waals surface area (Å²) in [6.45, 7) is 4.70. The molecule has 0 aliphatic carbocycles. The molecule has 0 bridgehead atoms. The van der Waals surface area contributed by atoms with E-state index >= 15 is 0 Å². The second-order valence-electron chi connectivity index (χ2n) is 9.36. The Labute approximate surface area is 237 Å². The first-order chi connectivity index (χ1) is 18.3. The number of aryl methyl sites for hydroxylation is 2. The van der Waals surface area contributed by atoms with Gasteiger partial charge in [-0.2, -0.15) is 0 Å². The SMILES string of the molecule is CCc1cccc(CNC[C@@H](O)[C@H](Cc2cc(F)cc(F)c2)NC(=O)c2cc(C)cc(-c3nccs3)c2)c1.Cl. The van der Waals surface area contributed by atoms with Crippen molar-refractivity contribution >= 4 is 29.7 Å². The minimum atomic E-state index is -1.01. The summed E-state index contributed by atoms with van der Waals surface area (Å²) >= 11 is 1.48. The molecule has 1 aromatic heterocycles. The number of hydrogen-bond donors (Lipinski definition) is 3. The number of halogens is 3. The maximum Gasteiger partial charge on any atom is 0.251 e. The third-order valence-electron chi connectivity index (χ3n) is 6.26. The highest BCUT2D eigenvalue weighted by Gasteiger charge is 2.23. The number of carbonyl (C=O) groups excluding carboxylic acids is 1. The summed E-state index contributed by atoms with van der Waals surface area (Å²) in [6, 6.07) is 16.1. The molecule has 2 atom stereocenters. The van der Waals surface area contributed by atoms with Gasteiger partial charge in [-0.3, -0.25) is 4.79 Å². The predicted octanol–water partition coefficient (Wildman–Crippen LogP) is 5.87. The molecule has 3 N–H and O–H groups in total. The molecule has 0 spiro atoms. The van der Waals surface area contributed by atoms with Gasteiger partial charge in [0.05, 0.1) is 12.1 Å². The monoisotopic (exact) mass is 571 g/mol. The molecule has 0 fully saturated rings. The summed E-state index contributed by atoms with van der Waals surface area (Å²) in [6.07, 6.45) is 1.68. The maximum atomic E-state index is 13.9. The van der Waals surface area contributed by atoms with Gasteiger partial charge in [-0.1, -0.05) is 31.2 Å². The Hall–Kier alpha value is -3.17. The average molecular weight is 572 g/mol. The Morgan fingerprint density at radius 3 is 2.46 bits per heavy atom. The zero-order chi connectivity index (χ0) is 27.1. The summed E-state index contributed by atoms with van der Waals surface area (Å²) in [7, 11) is 0. The maximum absolute atomic E-state index is 13.9. The highest BCUT2D eigenvalue weighted by atomic mass is 35.5. The molecule has 0 aliphatic heterocycles. The van der Waals surface area contributed by atoms with Crippen molar-refractivity contribution in [3.8, 4) is 10.6 Å². The first-order valence-corrected chi connectivity index (χ1v) is 13.4. The Kier molecular flexibility index (Phi) is 11.1. The molecule has 0 saturated heterocycles. The quantitative estimate of drug-likeness (QED) is 0.210. The Morgan fingerprint density at radius 1 is 1.03 bits per heavy atom. The fourth-order valence-corrected chi connectivity index (χ4v) is 5.01. The topological polar surface area (TPSA) is 74.2 Å². The van der Waals surface area contributed by atoms with Crippen molar-refractivity contribution in [2.75, 3.05) is 6.54 Å². The summed E-state index contributed by atoms with van der Waals surface area (Å²) in [5, 5.41) is 19.9. The van der Waals surface area contributed by atoms with Crippen LogP contribution in [-0.4, -0.2) is 34.7 Å². The van der Waals surface area contributed by atoms with Crippen LogP contribution in [-0.2, 0) is 19.4 Å². The lowest BCUT2D eigenvalue weighted by Crippen LogP contribution is -2.48. The fourth-order valence-electron chi connectivity index (χ4n) is 4.39. The Balaban J connectivity index is 0.00000420. The van der Waals surface area contributed by atoms with Crippen molar-refractivity contribution in [3.63, 3.8) is 0 Å². The van der Waals surface area contributed by atoms with Crippen LogP contribution in [0, 0.1) is 18.6 Å². The van der Waals surface area contributed by atoms with Crippen molar-refractivity contribution < 1.29 is 18.7 Å². The van der Waals surface area contributed by atoms with Gasteiger partial charge in [0.15, 0.2) is 0 Å². The van der Waals surface area contributed by atoms with Gasteiger partial charge in [0, 0.05) is 41.9 Å². The van der Waals surface area contributed by atoms with Crippen molar-refractivity contribution in [2.45, 2.75) is 45.4 Å². The van der Waals surface area contributed by atoms with E-state index in [1.807, 2.05) is 30.5 Å². The molecule has 4 aromatic rings. The molecule has 5 nitrogen and oxygen atoms in total. The van der Waals surface area contributed by atoms with Crippen molar-refractivity contribution in [3.05, 3.63) is 112 Å². The number of nitrogens with zero attached hydrogens (tertiary/aromatic N) is 1. The third-order valence-corrected chi connectivity index (χ3v) is 7.08. The molecular weight excluding hydrogens is 540 g/mol. The predicted molar refractivity (Wildman–Crippen MR) is 154 cm³/mol. The number of nitrogens with one attached hydrogen (secondary N) is 2. The van der Waals surface area contributed by atoms with Crippen LogP contribution in [0.4, 0.5) is 8.78 Å². The van der Waals surface area contributed by atoms with E-state index in [-0.39, 0.29) is 31.3 Å². The first kappa shape index (κ1) is 30.4. The lowest BCUT2D eigenvalue weighted by Gasteiger charge is -2.25. The molecule has 9 heteroatoms. The van der Waals surface area contributed by atoms with Crippen LogP contribution in [0.5, 0.6) is 0 Å². The summed E-state index contributed by atoms with van der Waals surface area (Å²) in [4.78, 5) is 17.6. The minimum Gasteiger partial charge on any atom is -0.390 e. The van der Waals surface area contributed by atoms with Gasteiger partial charge < -0.3 is 15.7 Å². The molecule has 1 amide bonds. The van der Waals surface area contributed by atoms with E-state index in [2.05, 4.69) is 34.7 Å². The number of carbonyl (C=O) groups is 1. The van der Waals surface area contributed by atoms with Gasteiger partial charge in [0.1, 0.15) is 16.6 Å². The van der Waals surface area contributed by atoms with Gasteiger partial charge in [0.25, 0.3) is 5.91 Å². The number of aliphatic hydroxyl groups excluding tert-OH is 1. The van der Waals surface area contributed by atoms with Gasteiger partial charge in [0.2, 0.25) is 0 Å². The number of thiazole rings is 1. The average Bonchev–Trinajstić information content (AvgIpc) is 3.43. The van der Waals surface area contributed by atoms with Gasteiger partial charge >= 0.3 is 0 Å². The molecule has 0 radical (unpaired) electrons. The van der Waals surface area contributed by atoms with Crippen LogP contribution in [0.25, 0.3) is 10.6 Å². The van der Waals surface area contributed by atoms with E-state index in [9.17, 15) is 18.7 Å². The summed E-state index contributed by atoms with van der Waals surface area (Å²) in [5.41, 5.74) is 4.78. The van der Waals surface area contributed by atoms with E-state index in [1.165, 1.54) is 29.0 Å². The van der Waals surface area contributed by atoms with Crippen LogP contribution in [0.1, 0.15) is 39.5 Å². The molecule has 206 valence electrons. The third kappa shape index (κ3) is 8.66. The van der Waals surface area contributed by atoms with Crippen LogP contribution in [0.3, 0.4) is 0 Å². The van der Waals surface area contributed by atoms with Crippen LogP contribution in [0.15, 0.2) is 72.2 Å². The second-order valence-corrected chi connectivity index (χ2v) is 10.3. The molecule has 0 aliphatic rings. The lowest BCUT2D eigenvalue weighted by molar-refractivity contribution is 0.0830. The zero-order valence-corrected chi connectivity index (χ0v) is 23.4. The van der Waals surface area contributed by atoms with E-state index in [4.69, 9.17) is 0 Å². The van der Waals surface area contributed by atoms with E-state index < -0.39 is 23.8 Å². The van der Waals surface area contributed by atoms with Crippen LogP contribution in [0.2, 0.25) is 0 Å². The number of aliphatic hydroxyl groups is 1. The number of hydrogen-bond acceptors (Lipinski definition) is 5. The fraction of sp³-hybridized carbons (Fsp3) is 0.267. The van der Waals surface area contributed by atoms with E-state index in [1.54, 1.807) is 18.3 Å². The molecule has 1 heterocycles. The smallest absolute Gasteiger partial charge is 0.251 e. The van der Waals surface area contributed by atoms with Crippen molar-refractivity contribution in [1.29, 1.82) is 0 Å². The summed E-state index contributed by atoms with van der Waals surface area (Å²) < 4.78 is 27.8. The Bertz CT molecular complexity index is 1360. The van der Waals surface area contributed by atoms with Crippen molar-refractivity contribution in [2.24, 2.45) is 0 Å². The second kappa shape index (κ2) is 14.3. The first-order valence-electron chi connectivity index (χ1n) is 12.5. The minimum absolute atomic E-state index is 0. The molecular formula is C30H32ClF2N3O2S. The van der Waals surface area contributed by atoms with E-state index in [0.717, 1.165) is 34.2 Å². The van der Waals surface area contributed by atoms with E-state index in [0.29, 0.717) is 17.7 Å². The highest BCUT2D eigenvalue weighted by Crippen LogP contribution is 2.24. The molecule has 0 unspecified atom stereocenters.